The summed E-state index contributed by atoms with van der Waals surface area (Å²) >= 11 is 6.38. The predicted octanol–water partition coefficient (Wildman–Crippen LogP) is 4.15. The molecule has 0 aromatic carbocycles. The van der Waals surface area contributed by atoms with Gasteiger partial charge >= 0.3 is 12.1 Å². The lowest BCUT2D eigenvalue weighted by Gasteiger charge is -2.07. The molecular weight excluding hydrogens is 303 g/mol. The molecule has 0 amide bonds. The number of alkyl halides is 3. The highest BCUT2D eigenvalue weighted by atomic mass is 35.5. The van der Waals surface area contributed by atoms with Crippen molar-refractivity contribution in [1.29, 1.82) is 0 Å². The Morgan fingerprint density at radius 1 is 1.47 bits per heavy atom. The maximum absolute atomic E-state index is 12.9. The van der Waals surface area contributed by atoms with Crippen molar-refractivity contribution in [3.63, 3.8) is 0 Å². The molecule has 0 bridgehead atoms. The number of hydrogen-bond acceptors (Lipinski definition) is 4. The predicted molar refractivity (Wildman–Crippen MR) is 65.6 cm³/mol. The molecule has 0 fully saturated rings. The first-order valence-electron chi connectivity index (χ1n) is 5.17. The molecule has 0 unspecified atom stereocenters. The van der Waals surface area contributed by atoms with E-state index in [2.05, 4.69) is 4.98 Å². The van der Waals surface area contributed by atoms with Crippen molar-refractivity contribution in [3.05, 3.63) is 27.7 Å². The number of carbonyl (C=O) groups is 1. The van der Waals surface area contributed by atoms with Gasteiger partial charge in [-0.1, -0.05) is 11.6 Å². The van der Waals surface area contributed by atoms with Gasteiger partial charge in [-0.25, -0.2) is 9.78 Å². The van der Waals surface area contributed by atoms with E-state index in [9.17, 15) is 18.0 Å². The Morgan fingerprint density at radius 2 is 2.16 bits per heavy atom. The van der Waals surface area contributed by atoms with E-state index in [4.69, 9.17) is 16.3 Å². The summed E-state index contributed by atoms with van der Waals surface area (Å²) in [5, 5.41) is -0.415. The number of carbonyl (C=O) groups excluding carboxylic acids is 1. The Bertz CT molecular complexity index is 639. The quantitative estimate of drug-likeness (QED) is 0.618. The molecular formula is C11H7ClF3NO2S. The van der Waals surface area contributed by atoms with E-state index in [-0.39, 0.29) is 26.9 Å². The molecule has 19 heavy (non-hydrogen) atoms. The SMILES string of the molecule is CCOC(=O)c1cc2c(C(F)(F)F)cc(Cl)nc2s1. The first-order valence-corrected chi connectivity index (χ1v) is 6.36. The van der Waals surface area contributed by atoms with Gasteiger partial charge in [-0.3, -0.25) is 0 Å². The van der Waals surface area contributed by atoms with Crippen LogP contribution in [0.4, 0.5) is 13.2 Å². The van der Waals surface area contributed by atoms with Gasteiger partial charge in [0.1, 0.15) is 14.9 Å². The molecule has 0 aliphatic rings. The first-order chi connectivity index (χ1) is 8.82. The topological polar surface area (TPSA) is 39.2 Å². The second-order valence-corrected chi connectivity index (χ2v) is 4.96. The second kappa shape index (κ2) is 4.97. The van der Waals surface area contributed by atoms with Gasteiger partial charge in [-0.05, 0) is 19.1 Å². The van der Waals surface area contributed by atoms with Crippen molar-refractivity contribution in [2.24, 2.45) is 0 Å². The summed E-state index contributed by atoms with van der Waals surface area (Å²) in [6.45, 7) is 1.76. The molecule has 0 radical (unpaired) electrons. The molecule has 2 heterocycles. The van der Waals surface area contributed by atoms with Gasteiger partial charge < -0.3 is 4.74 Å². The smallest absolute Gasteiger partial charge is 0.417 e. The van der Waals surface area contributed by atoms with E-state index >= 15 is 0 Å². The molecule has 2 aromatic rings. The molecule has 0 atom stereocenters. The van der Waals surface area contributed by atoms with E-state index in [1.165, 1.54) is 0 Å². The lowest BCUT2D eigenvalue weighted by molar-refractivity contribution is -0.136. The number of halogens is 4. The van der Waals surface area contributed by atoms with E-state index in [1.807, 2.05) is 0 Å². The summed E-state index contributed by atoms with van der Waals surface area (Å²) in [5.74, 6) is -0.672. The van der Waals surface area contributed by atoms with Crippen LogP contribution in [0.2, 0.25) is 5.15 Å². The highest BCUT2D eigenvalue weighted by Crippen LogP contribution is 2.38. The van der Waals surface area contributed by atoms with Crippen LogP contribution in [0, 0.1) is 0 Å². The second-order valence-electron chi connectivity index (χ2n) is 3.54. The van der Waals surface area contributed by atoms with Crippen LogP contribution < -0.4 is 0 Å². The van der Waals surface area contributed by atoms with E-state index in [1.54, 1.807) is 6.92 Å². The van der Waals surface area contributed by atoms with E-state index in [0.29, 0.717) is 0 Å². The number of fused-ring (bicyclic) bond motifs is 1. The Labute approximate surface area is 115 Å². The van der Waals surface area contributed by atoms with Crippen LogP contribution in [-0.4, -0.2) is 17.6 Å². The third-order valence-electron chi connectivity index (χ3n) is 2.26. The zero-order valence-corrected chi connectivity index (χ0v) is 11.1. The van der Waals surface area contributed by atoms with Crippen molar-refractivity contribution < 1.29 is 22.7 Å². The molecule has 2 rings (SSSR count). The Balaban J connectivity index is 2.62. The molecule has 0 aliphatic carbocycles. The summed E-state index contributed by atoms with van der Waals surface area (Å²) in [5.41, 5.74) is -0.908. The van der Waals surface area contributed by atoms with Gasteiger partial charge in [0.2, 0.25) is 0 Å². The summed E-state index contributed by atoms with van der Waals surface area (Å²) in [4.78, 5) is 15.4. The van der Waals surface area contributed by atoms with Crippen molar-refractivity contribution in [3.8, 4) is 0 Å². The average molecular weight is 310 g/mol. The number of rotatable bonds is 2. The number of ether oxygens (including phenoxy) is 1. The van der Waals surface area contributed by atoms with Crippen LogP contribution in [0.3, 0.4) is 0 Å². The van der Waals surface area contributed by atoms with Gasteiger partial charge in [0.15, 0.2) is 0 Å². The van der Waals surface area contributed by atoms with Gasteiger partial charge in [-0.2, -0.15) is 13.2 Å². The lowest BCUT2D eigenvalue weighted by atomic mass is 10.2. The molecule has 8 heteroatoms. The molecule has 0 N–H and O–H groups in total. The minimum absolute atomic E-state index is 0.0582. The van der Waals surface area contributed by atoms with Crippen LogP contribution in [0.5, 0.6) is 0 Å². The summed E-state index contributed by atoms with van der Waals surface area (Å²) < 4.78 is 43.3. The average Bonchev–Trinajstić information content (AvgIpc) is 2.70. The van der Waals surface area contributed by atoms with Crippen LogP contribution in [0.25, 0.3) is 10.2 Å². The number of thiophene rings is 1. The molecule has 0 saturated heterocycles. The van der Waals surface area contributed by atoms with Crippen LogP contribution in [-0.2, 0) is 10.9 Å². The van der Waals surface area contributed by atoms with Gasteiger partial charge in [0.25, 0.3) is 0 Å². The summed E-state index contributed by atoms with van der Waals surface area (Å²) in [6.07, 6.45) is -4.56. The van der Waals surface area contributed by atoms with E-state index < -0.39 is 17.7 Å². The normalized spacial score (nSPS) is 11.8. The summed E-state index contributed by atoms with van der Waals surface area (Å²) in [7, 11) is 0. The zero-order valence-electron chi connectivity index (χ0n) is 9.55. The van der Waals surface area contributed by atoms with Gasteiger partial charge in [-0.15, -0.1) is 11.3 Å². The Morgan fingerprint density at radius 3 is 2.74 bits per heavy atom. The Kier molecular flexibility index (Phi) is 3.69. The van der Waals surface area contributed by atoms with Gasteiger partial charge in [0, 0.05) is 5.39 Å². The van der Waals surface area contributed by atoms with E-state index in [0.717, 1.165) is 23.5 Å². The zero-order chi connectivity index (χ0) is 14.2. The fourth-order valence-corrected chi connectivity index (χ4v) is 2.71. The minimum Gasteiger partial charge on any atom is -0.462 e. The molecule has 0 aliphatic heterocycles. The third kappa shape index (κ3) is 2.82. The number of nitrogens with zero attached hydrogens (tertiary/aromatic N) is 1. The largest absolute Gasteiger partial charge is 0.462 e. The monoisotopic (exact) mass is 309 g/mol. The van der Waals surface area contributed by atoms with Crippen LogP contribution in [0.1, 0.15) is 22.2 Å². The van der Waals surface area contributed by atoms with Gasteiger partial charge in [0.05, 0.1) is 12.2 Å². The summed E-state index contributed by atoms with van der Waals surface area (Å²) in [6, 6.07) is 1.87. The molecule has 2 aromatic heterocycles. The fraction of sp³-hybridized carbons (Fsp3) is 0.273. The lowest BCUT2D eigenvalue weighted by Crippen LogP contribution is -2.06. The standard InChI is InChI=1S/C11H7ClF3NO2S/c1-2-18-10(17)7-3-5-6(11(13,14)15)4-8(12)16-9(5)19-7/h3-4H,2H2,1H3. The molecule has 102 valence electrons. The highest BCUT2D eigenvalue weighted by Gasteiger charge is 2.34. The maximum Gasteiger partial charge on any atom is 0.417 e. The first kappa shape index (κ1) is 14.1. The van der Waals surface area contributed by atoms with Crippen molar-refractivity contribution in [2.75, 3.05) is 6.61 Å². The van der Waals surface area contributed by atoms with Crippen LogP contribution in [0.15, 0.2) is 12.1 Å². The number of esters is 1. The Hall–Kier alpha value is -1.34. The van der Waals surface area contributed by atoms with Crippen molar-refractivity contribution in [1.82, 2.24) is 4.98 Å². The molecule has 3 nitrogen and oxygen atoms in total. The maximum atomic E-state index is 12.9. The third-order valence-corrected chi connectivity index (χ3v) is 3.46. The van der Waals surface area contributed by atoms with Crippen molar-refractivity contribution in [2.45, 2.75) is 13.1 Å². The van der Waals surface area contributed by atoms with Crippen LogP contribution >= 0.6 is 22.9 Å². The fourth-order valence-electron chi connectivity index (χ4n) is 1.52. The molecule has 0 spiro atoms. The highest BCUT2D eigenvalue weighted by molar-refractivity contribution is 7.20. The number of hydrogen-bond donors (Lipinski definition) is 0. The van der Waals surface area contributed by atoms with Crippen molar-refractivity contribution >= 4 is 39.1 Å². The number of pyridine rings is 1. The minimum atomic E-state index is -4.56. The molecule has 0 saturated carbocycles. The number of aromatic nitrogens is 1.